The van der Waals surface area contributed by atoms with Gasteiger partial charge in [-0.15, -0.1) is 0 Å². The molecule has 0 aromatic heterocycles. The predicted octanol–water partition coefficient (Wildman–Crippen LogP) is 1.34. The molecule has 1 saturated heterocycles. The van der Waals surface area contributed by atoms with E-state index >= 15 is 0 Å². The van der Waals surface area contributed by atoms with Crippen LogP contribution in [0.4, 0.5) is 4.79 Å². The standard InChI is InChI=1S/C12H21NO4/c1-9(14)12(16)5-7-13(8-6-12)10(15)17-11(2,3)4/h16H,5-8H2,1-4H3. The van der Waals surface area contributed by atoms with Crippen molar-refractivity contribution in [1.82, 2.24) is 4.90 Å². The largest absolute Gasteiger partial charge is 0.444 e. The average molecular weight is 243 g/mol. The number of hydrogen-bond donors (Lipinski definition) is 1. The first-order chi connectivity index (χ1) is 7.64. The molecule has 1 N–H and O–H groups in total. The Kier molecular flexibility index (Phi) is 3.81. The van der Waals surface area contributed by atoms with Crippen LogP contribution in [-0.2, 0) is 9.53 Å². The van der Waals surface area contributed by atoms with Crippen molar-refractivity contribution in [3.63, 3.8) is 0 Å². The van der Waals surface area contributed by atoms with Gasteiger partial charge in [0.25, 0.3) is 0 Å². The average Bonchev–Trinajstić information content (AvgIpc) is 2.15. The van der Waals surface area contributed by atoms with Crippen molar-refractivity contribution in [2.75, 3.05) is 13.1 Å². The molecule has 0 aromatic carbocycles. The van der Waals surface area contributed by atoms with E-state index in [1.165, 1.54) is 11.8 Å². The summed E-state index contributed by atoms with van der Waals surface area (Å²) in [5, 5.41) is 9.95. The quantitative estimate of drug-likeness (QED) is 0.754. The zero-order chi connectivity index (χ0) is 13.3. The lowest BCUT2D eigenvalue weighted by atomic mass is 9.88. The Bertz CT molecular complexity index is 311. The van der Waals surface area contributed by atoms with Gasteiger partial charge in [-0.05, 0) is 27.7 Å². The number of rotatable bonds is 1. The van der Waals surface area contributed by atoms with E-state index in [1.54, 1.807) is 20.8 Å². The molecule has 17 heavy (non-hydrogen) atoms. The molecule has 5 nitrogen and oxygen atoms in total. The number of carbonyl (C=O) groups excluding carboxylic acids is 2. The summed E-state index contributed by atoms with van der Waals surface area (Å²) in [6, 6.07) is 0. The maximum Gasteiger partial charge on any atom is 0.410 e. The van der Waals surface area contributed by atoms with Crippen LogP contribution in [0.5, 0.6) is 0 Å². The second-order valence-corrected chi connectivity index (χ2v) is 5.56. The van der Waals surface area contributed by atoms with Gasteiger partial charge in [-0.2, -0.15) is 0 Å². The SMILES string of the molecule is CC(=O)C1(O)CCN(C(=O)OC(C)(C)C)CC1. The van der Waals surface area contributed by atoms with E-state index in [9.17, 15) is 14.7 Å². The zero-order valence-electron chi connectivity index (χ0n) is 10.9. The van der Waals surface area contributed by atoms with Crippen molar-refractivity contribution >= 4 is 11.9 Å². The van der Waals surface area contributed by atoms with Gasteiger partial charge in [0.1, 0.15) is 11.2 Å². The summed E-state index contributed by atoms with van der Waals surface area (Å²) in [7, 11) is 0. The number of amides is 1. The molecule has 0 atom stereocenters. The van der Waals surface area contributed by atoms with E-state index in [2.05, 4.69) is 0 Å². The molecule has 1 fully saturated rings. The number of aliphatic hydroxyl groups is 1. The number of hydrogen-bond acceptors (Lipinski definition) is 4. The number of likely N-dealkylation sites (tertiary alicyclic amines) is 1. The van der Waals surface area contributed by atoms with E-state index in [0.717, 1.165) is 0 Å². The first kappa shape index (κ1) is 14.0. The van der Waals surface area contributed by atoms with Crippen LogP contribution in [0.1, 0.15) is 40.5 Å². The van der Waals surface area contributed by atoms with Crippen molar-refractivity contribution in [2.45, 2.75) is 51.7 Å². The number of ether oxygens (including phenoxy) is 1. The molecule has 1 amide bonds. The maximum atomic E-state index is 11.7. The predicted molar refractivity (Wildman–Crippen MR) is 62.7 cm³/mol. The highest BCUT2D eigenvalue weighted by Crippen LogP contribution is 2.24. The zero-order valence-corrected chi connectivity index (χ0v) is 10.9. The second-order valence-electron chi connectivity index (χ2n) is 5.56. The Morgan fingerprint density at radius 3 is 2.06 bits per heavy atom. The van der Waals surface area contributed by atoms with Crippen LogP contribution in [0.15, 0.2) is 0 Å². The maximum absolute atomic E-state index is 11.7. The van der Waals surface area contributed by atoms with Gasteiger partial charge in [0.05, 0.1) is 0 Å². The topological polar surface area (TPSA) is 66.8 Å². The molecule has 98 valence electrons. The van der Waals surface area contributed by atoms with Crippen LogP contribution < -0.4 is 0 Å². The first-order valence-corrected chi connectivity index (χ1v) is 5.85. The minimum atomic E-state index is -1.27. The fraction of sp³-hybridized carbons (Fsp3) is 0.833. The minimum Gasteiger partial charge on any atom is -0.444 e. The lowest BCUT2D eigenvalue weighted by molar-refractivity contribution is -0.139. The number of piperidine rings is 1. The highest BCUT2D eigenvalue weighted by molar-refractivity contribution is 5.85. The number of carbonyl (C=O) groups is 2. The number of ketones is 1. The second kappa shape index (κ2) is 4.64. The van der Waals surface area contributed by atoms with Gasteiger partial charge in [0.2, 0.25) is 0 Å². The van der Waals surface area contributed by atoms with Gasteiger partial charge in [0, 0.05) is 25.9 Å². The Balaban J connectivity index is 2.53. The van der Waals surface area contributed by atoms with Crippen LogP contribution in [0.3, 0.4) is 0 Å². The summed E-state index contributed by atoms with van der Waals surface area (Å²) in [6.45, 7) is 7.50. The highest BCUT2D eigenvalue weighted by Gasteiger charge is 2.38. The van der Waals surface area contributed by atoms with Crippen molar-refractivity contribution < 1.29 is 19.4 Å². The number of Topliss-reactive ketones (excluding diaryl/α,β-unsaturated/α-hetero) is 1. The van der Waals surface area contributed by atoms with Crippen LogP contribution >= 0.6 is 0 Å². The van der Waals surface area contributed by atoms with E-state index in [1.807, 2.05) is 0 Å². The van der Waals surface area contributed by atoms with Gasteiger partial charge in [0.15, 0.2) is 5.78 Å². The van der Waals surface area contributed by atoms with Gasteiger partial charge in [-0.1, -0.05) is 0 Å². The summed E-state index contributed by atoms with van der Waals surface area (Å²) in [5.41, 5.74) is -1.79. The Hall–Kier alpha value is -1.10. The van der Waals surface area contributed by atoms with E-state index in [-0.39, 0.29) is 24.7 Å². The Morgan fingerprint density at radius 2 is 1.71 bits per heavy atom. The molecule has 0 radical (unpaired) electrons. The Labute approximate surface area is 102 Å². The van der Waals surface area contributed by atoms with Crippen molar-refractivity contribution in [2.24, 2.45) is 0 Å². The van der Waals surface area contributed by atoms with E-state index in [0.29, 0.717) is 13.1 Å². The van der Waals surface area contributed by atoms with Crippen LogP contribution in [0.2, 0.25) is 0 Å². The number of nitrogens with zero attached hydrogens (tertiary/aromatic N) is 1. The third-order valence-electron chi connectivity index (χ3n) is 2.90. The molecule has 0 aromatic rings. The lowest BCUT2D eigenvalue weighted by Crippen LogP contribution is -2.51. The minimum absolute atomic E-state index is 0.235. The molecular formula is C12H21NO4. The molecule has 0 unspecified atom stereocenters. The molecule has 0 saturated carbocycles. The fourth-order valence-corrected chi connectivity index (χ4v) is 1.74. The summed E-state index contributed by atoms with van der Waals surface area (Å²) < 4.78 is 5.23. The van der Waals surface area contributed by atoms with Gasteiger partial charge in [-0.25, -0.2) is 4.79 Å². The molecule has 1 aliphatic heterocycles. The fourth-order valence-electron chi connectivity index (χ4n) is 1.74. The van der Waals surface area contributed by atoms with E-state index in [4.69, 9.17) is 4.74 Å². The molecule has 0 bridgehead atoms. The highest BCUT2D eigenvalue weighted by atomic mass is 16.6. The smallest absolute Gasteiger partial charge is 0.410 e. The third kappa shape index (κ3) is 3.70. The Morgan fingerprint density at radius 1 is 1.24 bits per heavy atom. The van der Waals surface area contributed by atoms with E-state index < -0.39 is 11.2 Å². The van der Waals surface area contributed by atoms with Crippen molar-refractivity contribution in [3.05, 3.63) is 0 Å². The molecular weight excluding hydrogens is 222 g/mol. The molecule has 0 aliphatic carbocycles. The van der Waals surface area contributed by atoms with Crippen molar-refractivity contribution in [1.29, 1.82) is 0 Å². The molecule has 1 rings (SSSR count). The summed E-state index contributed by atoms with van der Waals surface area (Å²) in [4.78, 5) is 24.5. The van der Waals surface area contributed by atoms with Gasteiger partial charge in [-0.3, -0.25) is 4.79 Å². The lowest BCUT2D eigenvalue weighted by Gasteiger charge is -2.37. The van der Waals surface area contributed by atoms with Crippen LogP contribution in [0.25, 0.3) is 0 Å². The summed E-state index contributed by atoms with van der Waals surface area (Å²) in [5.74, 6) is -0.235. The van der Waals surface area contributed by atoms with Crippen LogP contribution in [-0.4, -0.2) is 46.2 Å². The summed E-state index contributed by atoms with van der Waals surface area (Å²) in [6.07, 6.45) is 0.173. The third-order valence-corrected chi connectivity index (χ3v) is 2.90. The summed E-state index contributed by atoms with van der Waals surface area (Å²) >= 11 is 0. The normalized spacial score (nSPS) is 19.9. The first-order valence-electron chi connectivity index (χ1n) is 5.85. The van der Waals surface area contributed by atoms with Gasteiger partial charge >= 0.3 is 6.09 Å². The molecule has 5 heteroatoms. The molecule has 0 spiro atoms. The molecule has 1 aliphatic rings. The molecule has 1 heterocycles. The van der Waals surface area contributed by atoms with Crippen molar-refractivity contribution in [3.8, 4) is 0 Å². The van der Waals surface area contributed by atoms with Crippen LogP contribution in [0, 0.1) is 0 Å². The van der Waals surface area contributed by atoms with Gasteiger partial charge < -0.3 is 14.7 Å². The monoisotopic (exact) mass is 243 g/mol.